The van der Waals surface area contributed by atoms with Gasteiger partial charge in [-0.2, -0.15) is 0 Å². The molecule has 4 aliphatic rings. The number of allylic oxidation sites excluding steroid dienone is 1. The summed E-state index contributed by atoms with van der Waals surface area (Å²) >= 11 is 0. The molecule has 1 spiro atoms. The van der Waals surface area contributed by atoms with E-state index in [0.717, 1.165) is 0 Å². The van der Waals surface area contributed by atoms with Gasteiger partial charge in [-0.25, -0.2) is 0 Å². The van der Waals surface area contributed by atoms with Gasteiger partial charge in [-0.3, -0.25) is 19.2 Å². The van der Waals surface area contributed by atoms with Crippen molar-refractivity contribution in [3.63, 3.8) is 0 Å². The molecular weight excluding hydrogens is 650 g/mol. The van der Waals surface area contributed by atoms with Crippen LogP contribution in [0.2, 0.25) is 0 Å². The first-order valence-electron chi connectivity index (χ1n) is 18.4. The second-order valence-corrected chi connectivity index (χ2v) is 16.5. The molecule has 5 bridgehead atoms. The van der Waals surface area contributed by atoms with E-state index in [4.69, 9.17) is 14.2 Å². The number of hydrogen-bond donors (Lipinski definition) is 2. The lowest BCUT2D eigenvalue weighted by Crippen LogP contribution is -2.63. The minimum Gasteiger partial charge on any atom is -0.455 e. The molecule has 0 radical (unpaired) electrons. The average Bonchev–Trinajstić information content (AvgIpc) is 3.71. The highest BCUT2D eigenvalue weighted by molar-refractivity contribution is 5.99. The molecular formula is C40H57N3O8. The second kappa shape index (κ2) is 15.2. The maximum absolute atomic E-state index is 15.3. The minimum atomic E-state index is -1.44. The van der Waals surface area contributed by atoms with Crippen molar-refractivity contribution in [2.75, 3.05) is 26.9 Å². The molecule has 2 saturated heterocycles. The highest BCUT2D eigenvalue weighted by Gasteiger charge is 2.74. The zero-order chi connectivity index (χ0) is 37.3. The van der Waals surface area contributed by atoms with Crippen molar-refractivity contribution in [3.8, 4) is 0 Å². The molecule has 1 aromatic carbocycles. The predicted octanol–water partition coefficient (Wildman–Crippen LogP) is 4.35. The number of aliphatic hydroxyl groups excluding tert-OH is 1. The minimum absolute atomic E-state index is 0.0699. The number of ether oxygens (including phenoxy) is 3. The second-order valence-electron chi connectivity index (χ2n) is 16.5. The molecule has 280 valence electrons. The third kappa shape index (κ3) is 7.53. The number of nitrogens with one attached hydrogen (secondary N) is 1. The number of cyclic esters (lactones) is 1. The highest BCUT2D eigenvalue weighted by Crippen LogP contribution is 2.57. The molecule has 2 N–H and O–H groups in total. The molecule has 1 aromatic rings. The van der Waals surface area contributed by atoms with Gasteiger partial charge in [0.15, 0.2) is 0 Å². The van der Waals surface area contributed by atoms with Crippen LogP contribution < -0.4 is 5.32 Å². The Morgan fingerprint density at radius 2 is 1.76 bits per heavy atom. The van der Waals surface area contributed by atoms with Crippen molar-refractivity contribution in [3.05, 3.63) is 60.2 Å². The standard InChI is InChI=1S/C40H57N3O8/c1-9-25(2)28(22-44)43-34-36(47)42(39(6,7)24-38(3,4)5)21-15-11-14-18-30(45)41-27(23-49-8)33(26-16-12-10-13-17-26)50-37(48)31-29-19-20-40(34,51-29)32(31)35(43)46/h10-13,15-17,19-20,25,27-29,31-34,44H,9,14,18,21-24H2,1-8H3,(H,41,45)/b15-11-/t25-,27-,28-,29+,31-,32-,33-,34+,40-/m0/s1. The van der Waals surface area contributed by atoms with E-state index in [0.29, 0.717) is 24.8 Å². The van der Waals surface area contributed by atoms with Gasteiger partial charge in [-0.1, -0.05) is 95.7 Å². The van der Waals surface area contributed by atoms with Gasteiger partial charge in [-0.15, -0.1) is 0 Å². The summed E-state index contributed by atoms with van der Waals surface area (Å²) in [5, 5.41) is 13.8. The van der Waals surface area contributed by atoms with Crippen LogP contribution in [0.15, 0.2) is 54.6 Å². The number of benzene rings is 1. The molecule has 5 rings (SSSR count). The quantitative estimate of drug-likeness (QED) is 0.286. The number of carbonyl (C=O) groups excluding carboxylic acids is 4. The molecule has 11 heteroatoms. The lowest BCUT2D eigenvalue weighted by atomic mass is 9.74. The van der Waals surface area contributed by atoms with Crippen molar-refractivity contribution in [2.24, 2.45) is 23.2 Å². The summed E-state index contributed by atoms with van der Waals surface area (Å²) in [5.74, 6) is -3.89. The third-order valence-corrected chi connectivity index (χ3v) is 11.0. The molecule has 2 fully saturated rings. The van der Waals surface area contributed by atoms with E-state index < -0.39 is 65.2 Å². The van der Waals surface area contributed by atoms with E-state index in [1.165, 1.54) is 12.0 Å². The van der Waals surface area contributed by atoms with E-state index in [1.807, 2.05) is 70.2 Å². The summed E-state index contributed by atoms with van der Waals surface area (Å²) in [5.41, 5.74) is -1.59. The van der Waals surface area contributed by atoms with Crippen LogP contribution in [0.3, 0.4) is 0 Å². The molecule has 9 atom stereocenters. The molecule has 51 heavy (non-hydrogen) atoms. The molecule has 0 saturated carbocycles. The number of fused-ring (bicyclic) bond motifs is 2. The zero-order valence-electron chi connectivity index (χ0n) is 31.5. The molecule has 0 aromatic heterocycles. The van der Waals surface area contributed by atoms with Crippen LogP contribution in [0.5, 0.6) is 0 Å². The number of carbonyl (C=O) groups is 4. The number of hydrogen-bond acceptors (Lipinski definition) is 8. The average molecular weight is 708 g/mol. The van der Waals surface area contributed by atoms with Gasteiger partial charge < -0.3 is 34.4 Å². The largest absolute Gasteiger partial charge is 0.455 e. The van der Waals surface area contributed by atoms with Gasteiger partial charge in [0, 0.05) is 25.6 Å². The molecule has 0 aliphatic carbocycles. The summed E-state index contributed by atoms with van der Waals surface area (Å²) in [6.45, 7) is 14.3. The van der Waals surface area contributed by atoms with Gasteiger partial charge in [0.25, 0.3) is 0 Å². The van der Waals surface area contributed by atoms with E-state index in [-0.39, 0.29) is 49.3 Å². The number of rotatable bonds is 9. The molecule has 4 heterocycles. The molecule has 11 nitrogen and oxygen atoms in total. The number of aliphatic hydroxyl groups is 1. The summed E-state index contributed by atoms with van der Waals surface area (Å²) in [6.07, 6.45) is 7.53. The van der Waals surface area contributed by atoms with Crippen molar-refractivity contribution in [1.82, 2.24) is 15.1 Å². The van der Waals surface area contributed by atoms with Crippen molar-refractivity contribution >= 4 is 23.7 Å². The monoisotopic (exact) mass is 707 g/mol. The Bertz CT molecular complexity index is 1500. The van der Waals surface area contributed by atoms with Crippen LogP contribution >= 0.6 is 0 Å². The zero-order valence-corrected chi connectivity index (χ0v) is 31.5. The van der Waals surface area contributed by atoms with Gasteiger partial charge in [-0.05, 0) is 43.6 Å². The SMILES string of the molecule is CC[C@H](C)[C@H](CO)N1C(=O)[C@@H]2[C@H]3C(=O)O[C@@H](c4ccccc4)[C@H](COC)NC(=O)CC/C=C\CN(C(C)(C)CC(C)(C)C)C(=O)[C@@H]1[C@]21C=C[C@H]3O1. The number of likely N-dealkylation sites (tertiary alicyclic amines) is 1. The molecule has 3 amide bonds. The fourth-order valence-electron chi connectivity index (χ4n) is 8.91. The number of nitrogens with zero attached hydrogens (tertiary/aromatic N) is 2. The molecule has 4 aliphatic heterocycles. The van der Waals surface area contributed by atoms with E-state index in [9.17, 15) is 19.5 Å². The predicted molar refractivity (Wildman–Crippen MR) is 192 cm³/mol. The Hall–Kier alpha value is -3.54. The number of methoxy groups -OCH3 is 1. The first-order chi connectivity index (χ1) is 24.1. The summed E-state index contributed by atoms with van der Waals surface area (Å²) in [4.78, 5) is 61.4. The van der Waals surface area contributed by atoms with Crippen LogP contribution in [0, 0.1) is 23.2 Å². The first kappa shape index (κ1) is 38.7. The Labute approximate surface area is 302 Å². The molecule has 0 unspecified atom stereocenters. The Balaban J connectivity index is 1.67. The summed E-state index contributed by atoms with van der Waals surface area (Å²) in [7, 11) is 1.52. The third-order valence-electron chi connectivity index (χ3n) is 11.0. The lowest BCUT2D eigenvalue weighted by Gasteiger charge is -2.46. The topological polar surface area (TPSA) is 135 Å². The summed E-state index contributed by atoms with van der Waals surface area (Å²) in [6, 6.07) is 6.61. The Morgan fingerprint density at radius 1 is 1.06 bits per heavy atom. The number of amides is 3. The maximum Gasteiger partial charge on any atom is 0.313 e. The Kier molecular flexibility index (Phi) is 11.5. The van der Waals surface area contributed by atoms with Gasteiger partial charge in [0.05, 0.1) is 37.3 Å². The fraction of sp³-hybridized carbons (Fsp3) is 0.650. The number of esters is 1. The van der Waals surface area contributed by atoms with E-state index in [2.05, 4.69) is 26.1 Å². The van der Waals surface area contributed by atoms with E-state index >= 15 is 4.79 Å². The van der Waals surface area contributed by atoms with E-state index in [1.54, 1.807) is 17.1 Å². The maximum atomic E-state index is 15.3. The van der Waals surface area contributed by atoms with Crippen LogP contribution in [0.25, 0.3) is 0 Å². The van der Waals surface area contributed by atoms with Crippen LogP contribution in [-0.2, 0) is 33.4 Å². The lowest BCUT2D eigenvalue weighted by molar-refractivity contribution is -0.163. The van der Waals surface area contributed by atoms with Crippen LogP contribution in [0.4, 0.5) is 0 Å². The normalized spacial score (nSPS) is 32.1. The van der Waals surface area contributed by atoms with Crippen LogP contribution in [-0.4, -0.2) is 101 Å². The van der Waals surface area contributed by atoms with Crippen molar-refractivity contribution in [1.29, 1.82) is 0 Å². The van der Waals surface area contributed by atoms with Gasteiger partial charge in [0.2, 0.25) is 17.7 Å². The highest BCUT2D eigenvalue weighted by atomic mass is 16.6. The first-order valence-corrected chi connectivity index (χ1v) is 18.4. The van der Waals surface area contributed by atoms with Crippen molar-refractivity contribution < 1.29 is 38.5 Å². The van der Waals surface area contributed by atoms with Gasteiger partial charge >= 0.3 is 5.97 Å². The van der Waals surface area contributed by atoms with Crippen LogP contribution in [0.1, 0.15) is 85.8 Å². The van der Waals surface area contributed by atoms with Crippen molar-refractivity contribution in [2.45, 2.75) is 116 Å². The Morgan fingerprint density at radius 3 is 2.39 bits per heavy atom. The fourth-order valence-corrected chi connectivity index (χ4v) is 8.91. The smallest absolute Gasteiger partial charge is 0.313 e. The van der Waals surface area contributed by atoms with Gasteiger partial charge in [0.1, 0.15) is 23.7 Å². The summed E-state index contributed by atoms with van der Waals surface area (Å²) < 4.78 is 18.5.